The van der Waals surface area contributed by atoms with Gasteiger partial charge in [-0.15, -0.1) is 0 Å². The Labute approximate surface area is 126 Å². The van der Waals surface area contributed by atoms with Gasteiger partial charge in [0.05, 0.1) is 0 Å². The topological polar surface area (TPSA) is 51.2 Å². The van der Waals surface area contributed by atoms with Crippen molar-refractivity contribution >= 4 is 27.7 Å². The first-order chi connectivity index (χ1) is 9.56. The first kappa shape index (κ1) is 14.5. The van der Waals surface area contributed by atoms with E-state index in [2.05, 4.69) is 26.2 Å². The fraction of sp³-hybridized carbons (Fsp3) is 0.200. The lowest BCUT2D eigenvalue weighted by atomic mass is 10.1. The first-order valence-electron chi connectivity index (χ1n) is 6.16. The highest BCUT2D eigenvalue weighted by Crippen LogP contribution is 2.27. The summed E-state index contributed by atoms with van der Waals surface area (Å²) in [5, 5.41) is 2.68. The maximum atomic E-state index is 11.8. The summed E-state index contributed by atoms with van der Waals surface area (Å²) in [6.07, 6.45) is 1.62. The number of ether oxygens (including phenoxy) is 1. The van der Waals surface area contributed by atoms with Gasteiger partial charge in [0.15, 0.2) is 6.61 Å². The van der Waals surface area contributed by atoms with Crippen LogP contribution in [-0.4, -0.2) is 17.5 Å². The Bertz CT molecular complexity index is 592. The SMILES string of the molecule is Cc1cc(Br)cc(C)c1OCC(=O)Nc1ccccn1. The third-order valence-corrected chi connectivity index (χ3v) is 3.16. The van der Waals surface area contributed by atoms with Gasteiger partial charge in [0.1, 0.15) is 11.6 Å². The molecule has 0 aliphatic rings. The maximum absolute atomic E-state index is 11.8. The minimum atomic E-state index is -0.231. The third kappa shape index (κ3) is 3.81. The van der Waals surface area contributed by atoms with Crippen LogP contribution < -0.4 is 10.1 Å². The molecule has 2 aromatic rings. The van der Waals surface area contributed by atoms with Gasteiger partial charge in [0.2, 0.25) is 0 Å². The lowest BCUT2D eigenvalue weighted by Crippen LogP contribution is -2.21. The molecule has 1 aromatic carbocycles. The highest BCUT2D eigenvalue weighted by Gasteiger charge is 2.09. The number of rotatable bonds is 4. The number of hydrogen-bond acceptors (Lipinski definition) is 3. The molecule has 0 spiro atoms. The van der Waals surface area contributed by atoms with E-state index in [1.165, 1.54) is 0 Å². The van der Waals surface area contributed by atoms with E-state index in [1.807, 2.05) is 32.0 Å². The van der Waals surface area contributed by atoms with E-state index in [4.69, 9.17) is 4.74 Å². The highest BCUT2D eigenvalue weighted by molar-refractivity contribution is 9.10. The molecule has 0 bridgehead atoms. The van der Waals surface area contributed by atoms with Crippen LogP contribution in [0.15, 0.2) is 41.0 Å². The van der Waals surface area contributed by atoms with Crippen LogP contribution in [0.5, 0.6) is 5.75 Å². The number of hydrogen-bond donors (Lipinski definition) is 1. The highest BCUT2D eigenvalue weighted by atomic mass is 79.9. The minimum Gasteiger partial charge on any atom is -0.483 e. The number of halogens is 1. The smallest absolute Gasteiger partial charge is 0.263 e. The standard InChI is InChI=1S/C15H15BrN2O2/c1-10-7-12(16)8-11(2)15(10)20-9-14(19)18-13-5-3-4-6-17-13/h3-8H,9H2,1-2H3,(H,17,18,19). The normalized spacial score (nSPS) is 10.2. The summed E-state index contributed by atoms with van der Waals surface area (Å²) in [5.74, 6) is 1.03. The van der Waals surface area contributed by atoms with Crippen LogP contribution in [0.3, 0.4) is 0 Å². The molecule has 2 rings (SSSR count). The van der Waals surface area contributed by atoms with Crippen LogP contribution in [-0.2, 0) is 4.79 Å². The second-order valence-electron chi connectivity index (χ2n) is 4.42. The molecule has 1 aromatic heterocycles. The molecular formula is C15H15BrN2O2. The molecule has 0 atom stereocenters. The zero-order chi connectivity index (χ0) is 14.5. The van der Waals surface area contributed by atoms with Crippen LogP contribution in [0.4, 0.5) is 5.82 Å². The molecular weight excluding hydrogens is 320 g/mol. The number of nitrogens with zero attached hydrogens (tertiary/aromatic N) is 1. The van der Waals surface area contributed by atoms with Crippen LogP contribution in [0.2, 0.25) is 0 Å². The molecule has 4 nitrogen and oxygen atoms in total. The van der Waals surface area contributed by atoms with Gasteiger partial charge in [0, 0.05) is 10.7 Å². The van der Waals surface area contributed by atoms with E-state index in [0.717, 1.165) is 21.3 Å². The van der Waals surface area contributed by atoms with Gasteiger partial charge in [-0.3, -0.25) is 4.79 Å². The summed E-state index contributed by atoms with van der Waals surface area (Å²) >= 11 is 3.43. The Kier molecular flexibility index (Phi) is 4.74. The van der Waals surface area contributed by atoms with Crippen molar-refractivity contribution in [3.8, 4) is 5.75 Å². The quantitative estimate of drug-likeness (QED) is 0.931. The van der Waals surface area contributed by atoms with Gasteiger partial charge >= 0.3 is 0 Å². The number of benzene rings is 1. The molecule has 0 radical (unpaired) electrons. The van der Waals surface area contributed by atoms with E-state index in [0.29, 0.717) is 5.82 Å². The Morgan fingerprint density at radius 3 is 2.60 bits per heavy atom. The zero-order valence-corrected chi connectivity index (χ0v) is 12.9. The van der Waals surface area contributed by atoms with E-state index in [1.54, 1.807) is 18.3 Å². The van der Waals surface area contributed by atoms with Gasteiger partial charge in [-0.2, -0.15) is 0 Å². The average Bonchev–Trinajstić information content (AvgIpc) is 2.38. The summed E-state index contributed by atoms with van der Waals surface area (Å²) in [7, 11) is 0. The molecule has 1 N–H and O–H groups in total. The Hall–Kier alpha value is -1.88. The largest absolute Gasteiger partial charge is 0.483 e. The van der Waals surface area contributed by atoms with Crippen molar-refractivity contribution in [2.45, 2.75) is 13.8 Å². The summed E-state index contributed by atoms with van der Waals surface area (Å²) in [6.45, 7) is 3.85. The monoisotopic (exact) mass is 334 g/mol. The fourth-order valence-corrected chi connectivity index (χ4v) is 2.57. The lowest BCUT2D eigenvalue weighted by Gasteiger charge is -2.12. The van der Waals surface area contributed by atoms with Crippen LogP contribution in [0.25, 0.3) is 0 Å². The third-order valence-electron chi connectivity index (χ3n) is 2.71. The minimum absolute atomic E-state index is 0.0418. The van der Waals surface area contributed by atoms with E-state index in [9.17, 15) is 4.79 Å². The summed E-state index contributed by atoms with van der Waals surface area (Å²) in [5.41, 5.74) is 1.98. The number of nitrogens with one attached hydrogen (secondary N) is 1. The molecule has 1 amide bonds. The number of carbonyl (C=O) groups excluding carboxylic acids is 1. The maximum Gasteiger partial charge on any atom is 0.263 e. The first-order valence-corrected chi connectivity index (χ1v) is 6.96. The molecule has 20 heavy (non-hydrogen) atoms. The van der Waals surface area contributed by atoms with E-state index < -0.39 is 0 Å². The lowest BCUT2D eigenvalue weighted by molar-refractivity contribution is -0.118. The molecule has 0 aliphatic carbocycles. The van der Waals surface area contributed by atoms with Crippen molar-refractivity contribution in [1.29, 1.82) is 0 Å². The molecule has 5 heteroatoms. The van der Waals surface area contributed by atoms with Gasteiger partial charge in [-0.05, 0) is 49.2 Å². The molecule has 0 saturated carbocycles. The van der Waals surface area contributed by atoms with Crippen molar-refractivity contribution in [2.75, 3.05) is 11.9 Å². The van der Waals surface area contributed by atoms with Crippen molar-refractivity contribution in [3.63, 3.8) is 0 Å². The van der Waals surface area contributed by atoms with Crippen molar-refractivity contribution in [1.82, 2.24) is 4.98 Å². The van der Waals surface area contributed by atoms with Crippen LogP contribution in [0.1, 0.15) is 11.1 Å². The second kappa shape index (κ2) is 6.52. The van der Waals surface area contributed by atoms with Gasteiger partial charge in [0.25, 0.3) is 5.91 Å². The number of aromatic nitrogens is 1. The molecule has 0 fully saturated rings. The number of aryl methyl sites for hydroxylation is 2. The van der Waals surface area contributed by atoms with Gasteiger partial charge < -0.3 is 10.1 Å². The molecule has 1 heterocycles. The molecule has 0 saturated heterocycles. The van der Waals surface area contributed by atoms with Crippen LogP contribution >= 0.6 is 15.9 Å². The molecule has 0 aliphatic heterocycles. The predicted molar refractivity (Wildman–Crippen MR) is 82.0 cm³/mol. The van der Waals surface area contributed by atoms with Crippen molar-refractivity contribution in [2.24, 2.45) is 0 Å². The van der Waals surface area contributed by atoms with Crippen molar-refractivity contribution in [3.05, 3.63) is 52.1 Å². The Balaban J connectivity index is 1.97. The fourth-order valence-electron chi connectivity index (χ4n) is 1.88. The van der Waals surface area contributed by atoms with Crippen LogP contribution in [0, 0.1) is 13.8 Å². The number of anilines is 1. The molecule has 104 valence electrons. The number of amides is 1. The summed E-state index contributed by atoms with van der Waals surface area (Å²) in [6, 6.07) is 9.25. The summed E-state index contributed by atoms with van der Waals surface area (Å²) in [4.78, 5) is 15.8. The van der Waals surface area contributed by atoms with Crippen molar-refractivity contribution < 1.29 is 9.53 Å². The van der Waals surface area contributed by atoms with Gasteiger partial charge in [-0.1, -0.05) is 22.0 Å². The van der Waals surface area contributed by atoms with E-state index >= 15 is 0 Å². The predicted octanol–water partition coefficient (Wildman–Crippen LogP) is 3.48. The Morgan fingerprint density at radius 1 is 1.30 bits per heavy atom. The zero-order valence-electron chi connectivity index (χ0n) is 11.3. The second-order valence-corrected chi connectivity index (χ2v) is 5.34. The Morgan fingerprint density at radius 2 is 2.00 bits per heavy atom. The summed E-state index contributed by atoms with van der Waals surface area (Å²) < 4.78 is 6.59. The van der Waals surface area contributed by atoms with E-state index in [-0.39, 0.29) is 12.5 Å². The number of carbonyl (C=O) groups is 1. The molecule has 0 unspecified atom stereocenters. The number of pyridine rings is 1. The van der Waals surface area contributed by atoms with Gasteiger partial charge in [-0.25, -0.2) is 4.98 Å². The average molecular weight is 335 g/mol.